The molecule has 2 atom stereocenters. The van der Waals surface area contributed by atoms with Gasteiger partial charge in [0.2, 0.25) is 0 Å². The van der Waals surface area contributed by atoms with E-state index in [9.17, 15) is 0 Å². The van der Waals surface area contributed by atoms with Crippen LogP contribution in [0.5, 0.6) is 0 Å². The Balaban J connectivity index is 1.79. The predicted octanol–water partition coefficient (Wildman–Crippen LogP) is 1.59. The number of hydrogen-bond acceptors (Lipinski definition) is 3. The molecule has 3 nitrogen and oxygen atoms in total. The second-order valence-corrected chi connectivity index (χ2v) is 6.54. The number of rotatable bonds is 2. The van der Waals surface area contributed by atoms with Gasteiger partial charge in [0.15, 0.2) is 0 Å². The lowest BCUT2D eigenvalue weighted by molar-refractivity contribution is 0.174. The van der Waals surface area contributed by atoms with Crippen molar-refractivity contribution in [1.82, 2.24) is 0 Å². The van der Waals surface area contributed by atoms with Gasteiger partial charge in [-0.1, -0.05) is 6.92 Å². The normalized spacial score (nSPS) is 48.0. The molecule has 6 N–H and O–H groups in total. The first kappa shape index (κ1) is 13.3. The maximum Gasteiger partial charge on any atom is 0.00819 e. The molecule has 3 heteroatoms. The van der Waals surface area contributed by atoms with Crippen molar-refractivity contribution < 1.29 is 0 Å². The first-order valence-electron chi connectivity index (χ1n) is 7.33. The van der Waals surface area contributed by atoms with E-state index in [4.69, 9.17) is 17.2 Å². The van der Waals surface area contributed by atoms with Gasteiger partial charge in [0.05, 0.1) is 0 Å². The Labute approximate surface area is 105 Å². The molecule has 0 radical (unpaired) electrons. The summed E-state index contributed by atoms with van der Waals surface area (Å²) in [6, 6.07) is 1.09. The summed E-state index contributed by atoms with van der Waals surface area (Å²) >= 11 is 0. The lowest BCUT2D eigenvalue weighted by Gasteiger charge is -2.39. The fraction of sp³-hybridized carbons (Fsp3) is 1.00. The van der Waals surface area contributed by atoms with Gasteiger partial charge in [0.25, 0.3) is 0 Å². The van der Waals surface area contributed by atoms with Crippen LogP contribution in [0.25, 0.3) is 0 Å². The Kier molecular flexibility index (Phi) is 4.45. The molecule has 0 bridgehead atoms. The van der Waals surface area contributed by atoms with Gasteiger partial charge in [-0.3, -0.25) is 0 Å². The summed E-state index contributed by atoms with van der Waals surface area (Å²) in [5, 5.41) is 0. The largest absolute Gasteiger partial charge is 0.328 e. The van der Waals surface area contributed by atoms with Crippen molar-refractivity contribution in [2.45, 2.75) is 70.0 Å². The number of nitrogens with two attached hydrogens (primary N) is 3. The molecule has 2 aliphatic carbocycles. The highest BCUT2D eigenvalue weighted by molar-refractivity contribution is 4.89. The van der Waals surface area contributed by atoms with Gasteiger partial charge in [0.1, 0.15) is 0 Å². The lowest BCUT2D eigenvalue weighted by Crippen LogP contribution is -2.47. The van der Waals surface area contributed by atoms with Crippen LogP contribution in [0.15, 0.2) is 0 Å². The first-order valence-corrected chi connectivity index (χ1v) is 7.33. The molecule has 0 aromatic rings. The molecule has 0 aliphatic heterocycles. The molecule has 0 aromatic heterocycles. The number of hydrogen-bond donors (Lipinski definition) is 3. The molecule has 100 valence electrons. The van der Waals surface area contributed by atoms with Crippen LogP contribution >= 0.6 is 0 Å². The Bertz CT molecular complexity index is 224. The molecule has 0 spiro atoms. The van der Waals surface area contributed by atoms with E-state index >= 15 is 0 Å². The molecule has 2 saturated carbocycles. The van der Waals surface area contributed by atoms with Crippen molar-refractivity contribution in [3.8, 4) is 0 Å². The van der Waals surface area contributed by atoms with Crippen molar-refractivity contribution in [2.75, 3.05) is 0 Å². The van der Waals surface area contributed by atoms with Crippen molar-refractivity contribution in [2.24, 2.45) is 35.0 Å². The van der Waals surface area contributed by atoms with E-state index in [1.165, 1.54) is 44.9 Å². The van der Waals surface area contributed by atoms with Gasteiger partial charge in [-0.05, 0) is 62.7 Å². The summed E-state index contributed by atoms with van der Waals surface area (Å²) in [4.78, 5) is 0. The topological polar surface area (TPSA) is 78.1 Å². The molecule has 2 rings (SSSR count). The summed E-state index contributed by atoms with van der Waals surface area (Å²) in [5.41, 5.74) is 18.3. The monoisotopic (exact) mass is 239 g/mol. The zero-order valence-corrected chi connectivity index (χ0v) is 11.1. The van der Waals surface area contributed by atoms with Crippen LogP contribution in [0, 0.1) is 17.8 Å². The summed E-state index contributed by atoms with van der Waals surface area (Å²) in [6.45, 7) is 2.20. The summed E-state index contributed by atoms with van der Waals surface area (Å²) in [5.74, 6) is 2.13. The van der Waals surface area contributed by atoms with E-state index in [2.05, 4.69) is 6.92 Å². The highest BCUT2D eigenvalue weighted by atomic mass is 14.8. The maximum atomic E-state index is 6.19. The molecule has 17 heavy (non-hydrogen) atoms. The SMILES string of the molecule is CC1C(N)CC(CC2CCC(N)CC2)CC1N. The standard InChI is InChI=1S/C14H29N3/c1-9-13(16)7-11(8-14(9)17)6-10-2-4-12(15)5-3-10/h9-14H,2-8,15-17H2,1H3. The molecule has 0 heterocycles. The third kappa shape index (κ3) is 3.43. The van der Waals surface area contributed by atoms with E-state index in [1.54, 1.807) is 0 Å². The van der Waals surface area contributed by atoms with Crippen LogP contribution in [0.3, 0.4) is 0 Å². The summed E-state index contributed by atoms with van der Waals surface area (Å²) in [7, 11) is 0. The maximum absolute atomic E-state index is 6.19. The zero-order chi connectivity index (χ0) is 12.4. The fourth-order valence-corrected chi connectivity index (χ4v) is 3.70. The van der Waals surface area contributed by atoms with Crippen molar-refractivity contribution in [1.29, 1.82) is 0 Å². The minimum Gasteiger partial charge on any atom is -0.328 e. The molecule has 0 aromatic carbocycles. The highest BCUT2D eigenvalue weighted by Crippen LogP contribution is 2.35. The van der Waals surface area contributed by atoms with Crippen LogP contribution in [-0.2, 0) is 0 Å². The molecule has 2 unspecified atom stereocenters. The van der Waals surface area contributed by atoms with Crippen molar-refractivity contribution in [3.05, 3.63) is 0 Å². The van der Waals surface area contributed by atoms with Crippen molar-refractivity contribution >= 4 is 0 Å². The molecular formula is C14H29N3. The predicted molar refractivity (Wildman–Crippen MR) is 72.4 cm³/mol. The van der Waals surface area contributed by atoms with Gasteiger partial charge in [-0.15, -0.1) is 0 Å². The molecular weight excluding hydrogens is 210 g/mol. The van der Waals surface area contributed by atoms with E-state index in [0.717, 1.165) is 11.8 Å². The van der Waals surface area contributed by atoms with Crippen LogP contribution in [0.2, 0.25) is 0 Å². The van der Waals surface area contributed by atoms with Crippen LogP contribution in [0.4, 0.5) is 0 Å². The van der Waals surface area contributed by atoms with Gasteiger partial charge in [-0.2, -0.15) is 0 Å². The second kappa shape index (κ2) is 5.68. The summed E-state index contributed by atoms with van der Waals surface area (Å²) in [6.07, 6.45) is 8.75. The minimum atomic E-state index is 0.314. The molecule has 0 saturated heterocycles. The minimum absolute atomic E-state index is 0.314. The van der Waals surface area contributed by atoms with Crippen molar-refractivity contribution in [3.63, 3.8) is 0 Å². The van der Waals surface area contributed by atoms with Gasteiger partial charge < -0.3 is 17.2 Å². The third-order valence-corrected chi connectivity index (χ3v) is 5.12. The van der Waals surface area contributed by atoms with Crippen LogP contribution in [0.1, 0.15) is 51.9 Å². The zero-order valence-electron chi connectivity index (χ0n) is 11.1. The average molecular weight is 239 g/mol. The van der Waals surface area contributed by atoms with Crippen LogP contribution in [-0.4, -0.2) is 18.1 Å². The fourth-order valence-electron chi connectivity index (χ4n) is 3.70. The van der Waals surface area contributed by atoms with E-state index < -0.39 is 0 Å². The second-order valence-electron chi connectivity index (χ2n) is 6.54. The Morgan fingerprint density at radius 1 is 0.824 bits per heavy atom. The molecule has 2 fully saturated rings. The average Bonchev–Trinajstić information content (AvgIpc) is 2.29. The Morgan fingerprint density at radius 2 is 1.35 bits per heavy atom. The van der Waals surface area contributed by atoms with Gasteiger partial charge in [0, 0.05) is 18.1 Å². The van der Waals surface area contributed by atoms with E-state index in [1.807, 2.05) is 0 Å². The van der Waals surface area contributed by atoms with Gasteiger partial charge in [-0.25, -0.2) is 0 Å². The Morgan fingerprint density at radius 3 is 1.88 bits per heavy atom. The highest BCUT2D eigenvalue weighted by Gasteiger charge is 2.32. The molecule has 2 aliphatic rings. The first-order chi connectivity index (χ1) is 8.06. The summed E-state index contributed by atoms with van der Waals surface area (Å²) < 4.78 is 0. The van der Waals surface area contributed by atoms with E-state index in [-0.39, 0.29) is 0 Å². The quantitative estimate of drug-likeness (QED) is 0.685. The van der Waals surface area contributed by atoms with E-state index in [0.29, 0.717) is 24.0 Å². The lowest BCUT2D eigenvalue weighted by atomic mass is 9.71. The Hall–Kier alpha value is -0.120. The third-order valence-electron chi connectivity index (χ3n) is 5.12. The van der Waals surface area contributed by atoms with Crippen LogP contribution < -0.4 is 17.2 Å². The van der Waals surface area contributed by atoms with Gasteiger partial charge >= 0.3 is 0 Å². The smallest absolute Gasteiger partial charge is 0.00819 e. The molecule has 0 amide bonds.